The number of hydrogen-bond donors (Lipinski definition) is 1. The summed E-state index contributed by atoms with van der Waals surface area (Å²) in [6.07, 6.45) is 1.83. The van der Waals surface area contributed by atoms with Crippen LogP contribution in [0.2, 0.25) is 0 Å². The van der Waals surface area contributed by atoms with Gasteiger partial charge in [-0.3, -0.25) is 0 Å². The quantitative estimate of drug-likeness (QED) is 0.514. The molecule has 15 heavy (non-hydrogen) atoms. The van der Waals surface area contributed by atoms with Gasteiger partial charge < -0.3 is 9.77 Å². The highest BCUT2D eigenvalue weighted by molar-refractivity contribution is 6.08. The highest BCUT2D eigenvalue weighted by atomic mass is 16.4. The largest absolute Gasteiger partial charge is 0.411 e. The fourth-order valence-electron chi connectivity index (χ4n) is 2.55. The molecule has 3 heteroatoms. The summed E-state index contributed by atoms with van der Waals surface area (Å²) in [6.45, 7) is 0. The van der Waals surface area contributed by atoms with Gasteiger partial charge >= 0.3 is 0 Å². The van der Waals surface area contributed by atoms with Crippen LogP contribution >= 0.6 is 0 Å². The lowest BCUT2D eigenvalue weighted by atomic mass is 10.1. The maximum absolute atomic E-state index is 8.94. The second-order valence-corrected chi connectivity index (χ2v) is 3.95. The van der Waals surface area contributed by atoms with E-state index in [1.54, 1.807) is 0 Å². The molecule has 1 heterocycles. The molecule has 2 aromatic rings. The third-order valence-corrected chi connectivity index (χ3v) is 3.22. The molecular weight excluding hydrogens is 188 g/mol. The van der Waals surface area contributed by atoms with Crippen LogP contribution in [0.3, 0.4) is 0 Å². The van der Waals surface area contributed by atoms with Gasteiger partial charge in [0.05, 0.1) is 5.69 Å². The van der Waals surface area contributed by atoms with E-state index in [0.717, 1.165) is 24.2 Å². The molecule has 0 aliphatic heterocycles. The highest BCUT2D eigenvalue weighted by Gasteiger charge is 2.25. The predicted molar refractivity (Wildman–Crippen MR) is 59.6 cm³/mol. The van der Waals surface area contributed by atoms with E-state index in [-0.39, 0.29) is 0 Å². The first-order valence-electron chi connectivity index (χ1n) is 5.10. The molecule has 0 amide bonds. The molecule has 0 fully saturated rings. The second-order valence-electron chi connectivity index (χ2n) is 3.95. The second kappa shape index (κ2) is 2.86. The maximum Gasteiger partial charge on any atom is 0.104 e. The first kappa shape index (κ1) is 8.53. The number of hydrogen-bond acceptors (Lipinski definition) is 2. The van der Waals surface area contributed by atoms with Crippen molar-refractivity contribution in [2.45, 2.75) is 12.8 Å². The average Bonchev–Trinajstić information content (AvgIpc) is 2.81. The molecule has 3 rings (SSSR count). The number of oxime groups is 1. The Morgan fingerprint density at radius 1 is 1.27 bits per heavy atom. The van der Waals surface area contributed by atoms with Gasteiger partial charge in [0.2, 0.25) is 0 Å². The van der Waals surface area contributed by atoms with Crippen molar-refractivity contribution in [3.05, 3.63) is 35.5 Å². The van der Waals surface area contributed by atoms with Crippen LogP contribution in [0.4, 0.5) is 0 Å². The van der Waals surface area contributed by atoms with E-state index in [9.17, 15) is 0 Å². The van der Waals surface area contributed by atoms with Crippen molar-refractivity contribution >= 4 is 16.6 Å². The van der Waals surface area contributed by atoms with Gasteiger partial charge in [-0.05, 0) is 24.5 Å². The molecule has 1 aromatic carbocycles. The van der Waals surface area contributed by atoms with Crippen LogP contribution in [0.1, 0.15) is 17.7 Å². The normalized spacial score (nSPS) is 17.5. The first-order valence-corrected chi connectivity index (χ1v) is 5.10. The minimum atomic E-state index is 0.809. The molecule has 1 aromatic heterocycles. The van der Waals surface area contributed by atoms with E-state index >= 15 is 0 Å². The van der Waals surface area contributed by atoms with Crippen LogP contribution in [0.5, 0.6) is 0 Å². The van der Waals surface area contributed by atoms with Crippen LogP contribution in [0.15, 0.2) is 29.4 Å². The molecule has 1 aliphatic rings. The first-order chi connectivity index (χ1) is 7.33. The topological polar surface area (TPSA) is 37.5 Å². The molecule has 0 saturated carbocycles. The molecule has 0 atom stereocenters. The number of fused-ring (bicyclic) bond motifs is 3. The van der Waals surface area contributed by atoms with E-state index in [0.29, 0.717) is 0 Å². The number of para-hydroxylation sites is 1. The van der Waals surface area contributed by atoms with Crippen molar-refractivity contribution in [3.63, 3.8) is 0 Å². The summed E-state index contributed by atoms with van der Waals surface area (Å²) in [5.41, 5.74) is 4.44. The molecule has 0 unspecified atom stereocenters. The van der Waals surface area contributed by atoms with Crippen molar-refractivity contribution in [2.75, 3.05) is 0 Å². The molecule has 76 valence electrons. The fourth-order valence-corrected chi connectivity index (χ4v) is 2.55. The van der Waals surface area contributed by atoms with Gasteiger partial charge in [0.25, 0.3) is 0 Å². The third-order valence-electron chi connectivity index (χ3n) is 3.22. The van der Waals surface area contributed by atoms with Crippen LogP contribution < -0.4 is 0 Å². The van der Waals surface area contributed by atoms with Crippen LogP contribution in [-0.2, 0) is 13.5 Å². The van der Waals surface area contributed by atoms with Crippen molar-refractivity contribution in [1.82, 2.24) is 4.57 Å². The van der Waals surface area contributed by atoms with Gasteiger partial charge in [-0.2, -0.15) is 0 Å². The van der Waals surface area contributed by atoms with Crippen molar-refractivity contribution < 1.29 is 5.21 Å². The molecule has 0 bridgehead atoms. The van der Waals surface area contributed by atoms with Gasteiger partial charge in [0.15, 0.2) is 0 Å². The third kappa shape index (κ3) is 0.975. The highest BCUT2D eigenvalue weighted by Crippen LogP contribution is 2.32. The molecule has 0 saturated heterocycles. The summed E-state index contributed by atoms with van der Waals surface area (Å²) in [5.74, 6) is 0. The predicted octanol–water partition coefficient (Wildman–Crippen LogP) is 2.30. The van der Waals surface area contributed by atoms with Gasteiger partial charge in [0.1, 0.15) is 5.71 Å². The van der Waals surface area contributed by atoms with Crippen LogP contribution in [-0.4, -0.2) is 15.5 Å². The van der Waals surface area contributed by atoms with Gasteiger partial charge in [-0.25, -0.2) is 0 Å². The lowest BCUT2D eigenvalue weighted by Crippen LogP contribution is -2.02. The zero-order valence-electron chi connectivity index (χ0n) is 8.57. The van der Waals surface area contributed by atoms with Crippen LogP contribution in [0, 0.1) is 0 Å². The number of aryl methyl sites for hydroxylation is 2. The van der Waals surface area contributed by atoms with E-state index in [1.165, 1.54) is 16.5 Å². The molecule has 3 nitrogen and oxygen atoms in total. The maximum atomic E-state index is 8.94. The Kier molecular flexibility index (Phi) is 1.63. The Hall–Kier alpha value is -1.77. The lowest BCUT2D eigenvalue weighted by molar-refractivity contribution is 0.318. The Morgan fingerprint density at radius 2 is 2.07 bits per heavy atom. The smallest absolute Gasteiger partial charge is 0.104 e. The summed E-state index contributed by atoms with van der Waals surface area (Å²) >= 11 is 0. The Bertz CT molecular complexity index is 566. The molecular formula is C12H12N2O. The summed E-state index contributed by atoms with van der Waals surface area (Å²) in [7, 11) is 2.03. The zero-order valence-corrected chi connectivity index (χ0v) is 8.57. The van der Waals surface area contributed by atoms with Crippen molar-refractivity contribution in [1.29, 1.82) is 0 Å². The molecule has 1 N–H and O–H groups in total. The standard InChI is InChI=1S/C12H12N2O/c1-14-11-5-3-2-4-8(11)9-6-7-10(13-15)12(9)14/h2-5,15H,6-7H2,1H3/b13-10-. The zero-order chi connectivity index (χ0) is 10.4. The van der Waals surface area contributed by atoms with Gasteiger partial charge in [-0.1, -0.05) is 23.4 Å². The molecule has 0 spiro atoms. The summed E-state index contributed by atoms with van der Waals surface area (Å²) in [5, 5.41) is 13.6. The fraction of sp³-hybridized carbons (Fsp3) is 0.250. The minimum Gasteiger partial charge on any atom is -0.411 e. The SMILES string of the molecule is Cn1c2c(c3ccccc31)CC/C2=N/O. The molecule has 0 radical (unpaired) electrons. The lowest BCUT2D eigenvalue weighted by Gasteiger charge is -2.01. The van der Waals surface area contributed by atoms with Crippen molar-refractivity contribution in [3.8, 4) is 0 Å². The van der Waals surface area contributed by atoms with Crippen LogP contribution in [0.25, 0.3) is 10.9 Å². The van der Waals surface area contributed by atoms with Gasteiger partial charge in [-0.15, -0.1) is 0 Å². The Balaban J connectivity index is 2.45. The number of rotatable bonds is 0. The summed E-state index contributed by atoms with van der Waals surface area (Å²) in [4.78, 5) is 0. The van der Waals surface area contributed by atoms with Crippen molar-refractivity contribution in [2.24, 2.45) is 12.2 Å². The minimum absolute atomic E-state index is 0.809. The molecule has 1 aliphatic carbocycles. The van der Waals surface area contributed by atoms with E-state index in [1.807, 2.05) is 13.1 Å². The summed E-state index contributed by atoms with van der Waals surface area (Å²) in [6, 6.07) is 8.32. The van der Waals surface area contributed by atoms with E-state index in [4.69, 9.17) is 5.21 Å². The monoisotopic (exact) mass is 200 g/mol. The number of benzene rings is 1. The Labute approximate surface area is 87.6 Å². The number of aromatic nitrogens is 1. The van der Waals surface area contributed by atoms with E-state index < -0.39 is 0 Å². The average molecular weight is 200 g/mol. The van der Waals surface area contributed by atoms with E-state index in [2.05, 4.69) is 27.9 Å². The van der Waals surface area contributed by atoms with Gasteiger partial charge in [0, 0.05) is 18.0 Å². The Morgan fingerprint density at radius 3 is 2.87 bits per heavy atom. The summed E-state index contributed by atoms with van der Waals surface area (Å²) < 4.78 is 2.12. The number of nitrogens with zero attached hydrogens (tertiary/aromatic N) is 2.